The first-order chi connectivity index (χ1) is 6.79. The highest BCUT2D eigenvalue weighted by molar-refractivity contribution is 5.77. The van der Waals surface area contributed by atoms with Gasteiger partial charge in [-0.1, -0.05) is 13.3 Å². The van der Waals surface area contributed by atoms with E-state index in [0.717, 1.165) is 25.4 Å². The molecule has 2 unspecified atom stereocenters. The van der Waals surface area contributed by atoms with Crippen LogP contribution in [0.2, 0.25) is 0 Å². The first kappa shape index (κ1) is 9.97. The van der Waals surface area contributed by atoms with Crippen molar-refractivity contribution in [1.29, 1.82) is 0 Å². The predicted molar refractivity (Wildman–Crippen MR) is 55.9 cm³/mol. The van der Waals surface area contributed by atoms with Crippen LogP contribution in [-0.2, 0) is 4.79 Å². The molecule has 0 bridgehead atoms. The van der Waals surface area contributed by atoms with Crippen molar-refractivity contribution in [2.75, 3.05) is 13.1 Å². The van der Waals surface area contributed by atoms with Gasteiger partial charge in [-0.05, 0) is 37.8 Å². The minimum Gasteiger partial charge on any atom is -0.353 e. The lowest BCUT2D eigenvalue weighted by molar-refractivity contribution is -0.122. The van der Waals surface area contributed by atoms with E-state index >= 15 is 0 Å². The summed E-state index contributed by atoms with van der Waals surface area (Å²) in [5.41, 5.74) is 0. The summed E-state index contributed by atoms with van der Waals surface area (Å²) in [4.78, 5) is 11.5. The molecule has 3 heteroatoms. The third-order valence-electron chi connectivity index (χ3n) is 3.27. The Morgan fingerprint density at radius 3 is 2.86 bits per heavy atom. The van der Waals surface area contributed by atoms with Gasteiger partial charge in [-0.3, -0.25) is 4.79 Å². The Labute approximate surface area is 85.6 Å². The van der Waals surface area contributed by atoms with Crippen molar-refractivity contribution in [2.45, 2.75) is 38.6 Å². The lowest BCUT2D eigenvalue weighted by atomic mass is 9.99. The Hall–Kier alpha value is -0.570. The Morgan fingerprint density at radius 2 is 2.29 bits per heavy atom. The van der Waals surface area contributed by atoms with Gasteiger partial charge in [0, 0.05) is 12.5 Å². The monoisotopic (exact) mass is 196 g/mol. The van der Waals surface area contributed by atoms with Crippen LogP contribution in [0.4, 0.5) is 0 Å². The summed E-state index contributed by atoms with van der Waals surface area (Å²) >= 11 is 0. The van der Waals surface area contributed by atoms with E-state index < -0.39 is 0 Å². The van der Waals surface area contributed by atoms with Crippen LogP contribution in [0.3, 0.4) is 0 Å². The molecule has 2 fully saturated rings. The van der Waals surface area contributed by atoms with E-state index in [0.29, 0.717) is 12.0 Å². The lowest BCUT2D eigenvalue weighted by Crippen LogP contribution is -2.44. The second-order valence-electron chi connectivity index (χ2n) is 4.69. The zero-order chi connectivity index (χ0) is 9.97. The Kier molecular flexibility index (Phi) is 3.06. The molecule has 2 N–H and O–H groups in total. The fraction of sp³-hybridized carbons (Fsp3) is 0.909. The zero-order valence-electron chi connectivity index (χ0n) is 8.88. The number of nitrogens with one attached hydrogen (secondary N) is 2. The van der Waals surface area contributed by atoms with Gasteiger partial charge < -0.3 is 10.6 Å². The maximum absolute atomic E-state index is 11.5. The summed E-state index contributed by atoms with van der Waals surface area (Å²) in [6.45, 7) is 4.25. The predicted octanol–water partition coefficient (Wildman–Crippen LogP) is 0.901. The SMILES string of the molecule is CCCC1CC1NC(=O)CC1CNC1. The van der Waals surface area contributed by atoms with Crippen molar-refractivity contribution in [2.24, 2.45) is 11.8 Å². The molecule has 0 spiro atoms. The normalized spacial score (nSPS) is 30.9. The fourth-order valence-corrected chi connectivity index (χ4v) is 2.13. The van der Waals surface area contributed by atoms with Crippen LogP contribution in [0.1, 0.15) is 32.6 Å². The average Bonchev–Trinajstić information content (AvgIpc) is 2.77. The van der Waals surface area contributed by atoms with Crippen LogP contribution in [-0.4, -0.2) is 25.0 Å². The Balaban J connectivity index is 1.59. The maximum atomic E-state index is 11.5. The van der Waals surface area contributed by atoms with E-state index in [1.165, 1.54) is 19.3 Å². The van der Waals surface area contributed by atoms with E-state index in [2.05, 4.69) is 17.6 Å². The van der Waals surface area contributed by atoms with Gasteiger partial charge in [0.1, 0.15) is 0 Å². The van der Waals surface area contributed by atoms with E-state index in [-0.39, 0.29) is 5.91 Å². The third-order valence-corrected chi connectivity index (χ3v) is 3.27. The summed E-state index contributed by atoms with van der Waals surface area (Å²) < 4.78 is 0. The molecule has 14 heavy (non-hydrogen) atoms. The number of amides is 1. The molecule has 2 atom stereocenters. The molecule has 80 valence electrons. The molecular weight excluding hydrogens is 176 g/mol. The van der Waals surface area contributed by atoms with E-state index in [4.69, 9.17) is 0 Å². The molecule has 0 aromatic heterocycles. The quantitative estimate of drug-likeness (QED) is 0.686. The van der Waals surface area contributed by atoms with Gasteiger partial charge in [0.2, 0.25) is 5.91 Å². The van der Waals surface area contributed by atoms with Crippen molar-refractivity contribution in [3.05, 3.63) is 0 Å². The van der Waals surface area contributed by atoms with Crippen LogP contribution in [0.15, 0.2) is 0 Å². The van der Waals surface area contributed by atoms with Crippen molar-refractivity contribution in [1.82, 2.24) is 10.6 Å². The number of carbonyl (C=O) groups excluding carboxylic acids is 1. The second-order valence-corrected chi connectivity index (χ2v) is 4.69. The van der Waals surface area contributed by atoms with Gasteiger partial charge in [-0.15, -0.1) is 0 Å². The summed E-state index contributed by atoms with van der Waals surface area (Å²) in [5, 5.41) is 6.31. The molecule has 1 saturated heterocycles. The second kappa shape index (κ2) is 4.30. The number of carbonyl (C=O) groups is 1. The first-order valence-electron chi connectivity index (χ1n) is 5.79. The third kappa shape index (κ3) is 2.47. The van der Waals surface area contributed by atoms with Gasteiger partial charge in [0.15, 0.2) is 0 Å². The van der Waals surface area contributed by atoms with Crippen LogP contribution in [0.25, 0.3) is 0 Å². The fourth-order valence-electron chi connectivity index (χ4n) is 2.13. The molecule has 0 radical (unpaired) electrons. The van der Waals surface area contributed by atoms with Gasteiger partial charge in [-0.2, -0.15) is 0 Å². The minimum atomic E-state index is 0.264. The van der Waals surface area contributed by atoms with Crippen LogP contribution >= 0.6 is 0 Å². The molecule has 0 aromatic carbocycles. The lowest BCUT2D eigenvalue weighted by Gasteiger charge is -2.26. The van der Waals surface area contributed by atoms with E-state index in [1.54, 1.807) is 0 Å². The van der Waals surface area contributed by atoms with Gasteiger partial charge in [-0.25, -0.2) is 0 Å². The van der Waals surface area contributed by atoms with Crippen LogP contribution in [0, 0.1) is 11.8 Å². The molecule has 1 heterocycles. The Bertz CT molecular complexity index is 213. The summed E-state index contributed by atoms with van der Waals surface area (Å²) in [5.74, 6) is 1.64. The van der Waals surface area contributed by atoms with Crippen molar-refractivity contribution in [3.8, 4) is 0 Å². The van der Waals surface area contributed by atoms with E-state index in [1.807, 2.05) is 0 Å². The minimum absolute atomic E-state index is 0.264. The van der Waals surface area contributed by atoms with Crippen LogP contribution < -0.4 is 10.6 Å². The largest absolute Gasteiger partial charge is 0.353 e. The van der Waals surface area contributed by atoms with Crippen molar-refractivity contribution < 1.29 is 4.79 Å². The topological polar surface area (TPSA) is 41.1 Å². The summed E-state index contributed by atoms with van der Waals surface area (Å²) in [6, 6.07) is 0.510. The van der Waals surface area contributed by atoms with Gasteiger partial charge in [0.05, 0.1) is 0 Å². The van der Waals surface area contributed by atoms with Crippen LogP contribution in [0.5, 0.6) is 0 Å². The number of hydrogen-bond donors (Lipinski definition) is 2. The summed E-state index contributed by atoms with van der Waals surface area (Å²) in [7, 11) is 0. The molecule has 1 saturated carbocycles. The van der Waals surface area contributed by atoms with Crippen molar-refractivity contribution in [3.63, 3.8) is 0 Å². The number of rotatable bonds is 5. The highest BCUT2D eigenvalue weighted by Gasteiger charge is 2.37. The Morgan fingerprint density at radius 1 is 1.50 bits per heavy atom. The first-order valence-corrected chi connectivity index (χ1v) is 5.79. The molecule has 2 rings (SSSR count). The van der Waals surface area contributed by atoms with E-state index in [9.17, 15) is 4.79 Å². The van der Waals surface area contributed by atoms with Gasteiger partial charge >= 0.3 is 0 Å². The molecule has 0 aromatic rings. The van der Waals surface area contributed by atoms with Gasteiger partial charge in [0.25, 0.3) is 0 Å². The number of hydrogen-bond acceptors (Lipinski definition) is 2. The molecule has 1 aliphatic carbocycles. The zero-order valence-corrected chi connectivity index (χ0v) is 8.88. The molecule has 2 aliphatic rings. The summed E-state index contributed by atoms with van der Waals surface area (Å²) in [6.07, 6.45) is 4.45. The highest BCUT2D eigenvalue weighted by Crippen LogP contribution is 2.34. The molecule has 1 amide bonds. The molecule has 1 aliphatic heterocycles. The average molecular weight is 196 g/mol. The molecular formula is C11H20N2O. The highest BCUT2D eigenvalue weighted by atomic mass is 16.1. The standard InChI is InChI=1S/C11H20N2O/c1-2-3-9-5-10(9)13-11(14)4-8-6-12-7-8/h8-10,12H,2-7H2,1H3,(H,13,14). The smallest absolute Gasteiger partial charge is 0.220 e. The molecule has 3 nitrogen and oxygen atoms in total. The maximum Gasteiger partial charge on any atom is 0.220 e. The van der Waals surface area contributed by atoms with Crippen molar-refractivity contribution >= 4 is 5.91 Å².